The number of amides is 1. The maximum Gasteiger partial charge on any atom is 0.338 e. The van der Waals surface area contributed by atoms with Crippen molar-refractivity contribution in [2.45, 2.75) is 18.7 Å². The van der Waals surface area contributed by atoms with E-state index in [-0.39, 0.29) is 10.5 Å². The molecule has 166 valence electrons. The lowest BCUT2D eigenvalue weighted by molar-refractivity contribution is -0.119. The van der Waals surface area contributed by atoms with Crippen LogP contribution in [0.15, 0.2) is 76.1 Å². The van der Waals surface area contributed by atoms with Gasteiger partial charge in [0.05, 0.1) is 16.1 Å². The molecule has 0 aliphatic heterocycles. The number of nitrogens with one attached hydrogen (secondary N) is 2. The SMILES string of the molecule is Cc1cccc(NS(=O)(=O)c2cccc(C(=O)OCC(=O)Nc3ccc(C)cc3Br)c2)c1. The molecule has 0 heterocycles. The summed E-state index contributed by atoms with van der Waals surface area (Å²) in [6.45, 7) is 3.25. The first kappa shape index (κ1) is 23.5. The van der Waals surface area contributed by atoms with Gasteiger partial charge >= 0.3 is 5.97 Å². The molecule has 0 fully saturated rings. The summed E-state index contributed by atoms with van der Waals surface area (Å²) in [4.78, 5) is 24.4. The average Bonchev–Trinajstić information content (AvgIpc) is 2.74. The Morgan fingerprint density at radius 1 is 0.938 bits per heavy atom. The quantitative estimate of drug-likeness (QED) is 0.444. The number of hydrogen-bond donors (Lipinski definition) is 2. The van der Waals surface area contributed by atoms with Crippen LogP contribution in [0.1, 0.15) is 21.5 Å². The minimum absolute atomic E-state index is 0.0152. The molecule has 3 aromatic carbocycles. The van der Waals surface area contributed by atoms with Crippen LogP contribution in [0.5, 0.6) is 0 Å². The largest absolute Gasteiger partial charge is 0.452 e. The van der Waals surface area contributed by atoms with Gasteiger partial charge in [-0.05, 0) is 83.4 Å². The Hall–Kier alpha value is -3.17. The molecule has 0 atom stereocenters. The van der Waals surface area contributed by atoms with E-state index in [0.717, 1.165) is 11.1 Å². The smallest absolute Gasteiger partial charge is 0.338 e. The lowest BCUT2D eigenvalue weighted by Crippen LogP contribution is -2.21. The summed E-state index contributed by atoms with van der Waals surface area (Å²) in [7, 11) is -3.91. The van der Waals surface area contributed by atoms with Crippen molar-refractivity contribution in [2.75, 3.05) is 16.6 Å². The number of anilines is 2. The number of rotatable bonds is 7. The van der Waals surface area contributed by atoms with Crippen LogP contribution in [0.4, 0.5) is 11.4 Å². The third-order valence-corrected chi connectivity index (χ3v) is 6.42. The standard InChI is InChI=1S/C23H21BrN2O5S/c1-15-5-3-7-18(11-15)26-32(29,30)19-8-4-6-17(13-19)23(28)31-14-22(27)25-21-10-9-16(2)12-20(21)24/h3-13,26H,14H2,1-2H3,(H,25,27). The molecule has 9 heteroatoms. The number of sulfonamides is 1. The van der Waals surface area contributed by atoms with Crippen LogP contribution in [0.3, 0.4) is 0 Å². The highest BCUT2D eigenvalue weighted by Gasteiger charge is 2.18. The van der Waals surface area contributed by atoms with Gasteiger partial charge < -0.3 is 10.1 Å². The number of aryl methyl sites for hydroxylation is 2. The number of ether oxygens (including phenoxy) is 1. The molecule has 0 bridgehead atoms. The molecule has 0 aliphatic carbocycles. The Balaban J connectivity index is 1.65. The number of carbonyl (C=O) groups excluding carboxylic acids is 2. The lowest BCUT2D eigenvalue weighted by atomic mass is 10.2. The Labute approximate surface area is 195 Å². The molecule has 0 spiro atoms. The van der Waals surface area contributed by atoms with Gasteiger partial charge in [0, 0.05) is 10.2 Å². The second-order valence-corrected chi connectivity index (χ2v) is 9.65. The van der Waals surface area contributed by atoms with Crippen LogP contribution in [-0.2, 0) is 19.6 Å². The molecule has 0 saturated carbocycles. The first-order valence-electron chi connectivity index (χ1n) is 9.57. The van der Waals surface area contributed by atoms with Gasteiger partial charge in [0.1, 0.15) is 0 Å². The summed E-state index contributed by atoms with van der Waals surface area (Å²) in [5.41, 5.74) is 2.90. The highest BCUT2D eigenvalue weighted by molar-refractivity contribution is 9.10. The molecular formula is C23H21BrN2O5S. The third-order valence-electron chi connectivity index (χ3n) is 4.38. The van der Waals surface area contributed by atoms with E-state index < -0.39 is 28.5 Å². The van der Waals surface area contributed by atoms with Gasteiger partial charge in [-0.15, -0.1) is 0 Å². The third kappa shape index (κ3) is 6.18. The lowest BCUT2D eigenvalue weighted by Gasteiger charge is -2.11. The Morgan fingerprint density at radius 2 is 1.66 bits per heavy atom. The molecule has 7 nitrogen and oxygen atoms in total. The van der Waals surface area contributed by atoms with Gasteiger partial charge in [-0.25, -0.2) is 13.2 Å². The summed E-state index contributed by atoms with van der Waals surface area (Å²) in [5, 5.41) is 2.64. The predicted molar refractivity (Wildman–Crippen MR) is 126 cm³/mol. The van der Waals surface area contributed by atoms with E-state index in [2.05, 4.69) is 26.0 Å². The van der Waals surface area contributed by atoms with Crippen molar-refractivity contribution < 1.29 is 22.7 Å². The van der Waals surface area contributed by atoms with Crippen molar-refractivity contribution in [1.82, 2.24) is 0 Å². The molecule has 2 N–H and O–H groups in total. The van der Waals surface area contributed by atoms with Gasteiger partial charge in [0.15, 0.2) is 6.61 Å². The van der Waals surface area contributed by atoms with Crippen LogP contribution in [0.2, 0.25) is 0 Å². The van der Waals surface area contributed by atoms with Crippen molar-refractivity contribution in [3.05, 3.63) is 87.9 Å². The highest BCUT2D eigenvalue weighted by Crippen LogP contribution is 2.23. The summed E-state index contributed by atoms with van der Waals surface area (Å²) >= 11 is 3.36. The zero-order valence-electron chi connectivity index (χ0n) is 17.4. The number of carbonyl (C=O) groups is 2. The maximum absolute atomic E-state index is 12.7. The number of esters is 1. The fourth-order valence-electron chi connectivity index (χ4n) is 2.84. The van der Waals surface area contributed by atoms with Crippen molar-refractivity contribution in [3.63, 3.8) is 0 Å². The Bertz CT molecular complexity index is 1270. The van der Waals surface area contributed by atoms with Crippen LogP contribution in [-0.4, -0.2) is 26.9 Å². The fourth-order valence-corrected chi connectivity index (χ4v) is 4.52. The summed E-state index contributed by atoms with van der Waals surface area (Å²) < 4.78 is 33.6. The Kier molecular flexibility index (Phi) is 7.32. The maximum atomic E-state index is 12.7. The fraction of sp³-hybridized carbons (Fsp3) is 0.130. The second kappa shape index (κ2) is 9.97. The van der Waals surface area contributed by atoms with E-state index in [4.69, 9.17) is 4.74 Å². The second-order valence-electron chi connectivity index (χ2n) is 7.11. The van der Waals surface area contributed by atoms with Crippen LogP contribution in [0.25, 0.3) is 0 Å². The van der Waals surface area contributed by atoms with Crippen LogP contribution >= 0.6 is 15.9 Å². The molecule has 0 radical (unpaired) electrons. The Morgan fingerprint density at radius 3 is 2.38 bits per heavy atom. The molecular weight excluding hydrogens is 496 g/mol. The van der Waals surface area contributed by atoms with E-state index in [1.807, 2.05) is 32.0 Å². The normalized spacial score (nSPS) is 11.0. The highest BCUT2D eigenvalue weighted by atomic mass is 79.9. The minimum atomic E-state index is -3.91. The van der Waals surface area contributed by atoms with E-state index in [1.54, 1.807) is 24.3 Å². The minimum Gasteiger partial charge on any atom is -0.452 e. The zero-order chi connectivity index (χ0) is 23.3. The number of benzene rings is 3. The van der Waals surface area contributed by atoms with E-state index in [9.17, 15) is 18.0 Å². The average molecular weight is 517 g/mol. The van der Waals surface area contributed by atoms with Crippen LogP contribution in [0, 0.1) is 13.8 Å². The molecule has 1 amide bonds. The van der Waals surface area contributed by atoms with E-state index in [1.165, 1.54) is 24.3 Å². The van der Waals surface area contributed by atoms with Crippen molar-refractivity contribution >= 4 is 49.2 Å². The first-order valence-corrected chi connectivity index (χ1v) is 11.8. The van der Waals surface area contributed by atoms with Gasteiger partial charge in [0.2, 0.25) is 0 Å². The zero-order valence-corrected chi connectivity index (χ0v) is 19.8. The van der Waals surface area contributed by atoms with Gasteiger partial charge in [-0.1, -0.05) is 24.3 Å². The van der Waals surface area contributed by atoms with E-state index >= 15 is 0 Å². The van der Waals surface area contributed by atoms with Crippen molar-refractivity contribution in [1.29, 1.82) is 0 Å². The molecule has 3 aromatic rings. The van der Waals surface area contributed by atoms with Crippen molar-refractivity contribution in [2.24, 2.45) is 0 Å². The van der Waals surface area contributed by atoms with Gasteiger partial charge in [0.25, 0.3) is 15.9 Å². The number of hydrogen-bond acceptors (Lipinski definition) is 5. The molecule has 0 aromatic heterocycles. The molecule has 3 rings (SSSR count). The summed E-state index contributed by atoms with van der Waals surface area (Å²) in [6, 6.07) is 17.8. The molecule has 32 heavy (non-hydrogen) atoms. The monoisotopic (exact) mass is 516 g/mol. The van der Waals surface area contributed by atoms with Crippen LogP contribution < -0.4 is 10.0 Å². The summed E-state index contributed by atoms with van der Waals surface area (Å²) in [5.74, 6) is -1.33. The molecule has 0 aliphatic rings. The molecule has 0 unspecified atom stereocenters. The topological polar surface area (TPSA) is 102 Å². The molecule has 0 saturated heterocycles. The summed E-state index contributed by atoms with van der Waals surface area (Å²) in [6.07, 6.45) is 0. The predicted octanol–water partition coefficient (Wildman–Crippen LogP) is 4.66. The number of halogens is 1. The van der Waals surface area contributed by atoms with E-state index in [0.29, 0.717) is 15.8 Å². The van der Waals surface area contributed by atoms with Crippen molar-refractivity contribution in [3.8, 4) is 0 Å². The van der Waals surface area contributed by atoms with Gasteiger partial charge in [-0.3, -0.25) is 9.52 Å². The first-order chi connectivity index (χ1) is 15.1. The van der Waals surface area contributed by atoms with Gasteiger partial charge in [-0.2, -0.15) is 0 Å².